The molecule has 5 heteroatoms. The van der Waals surface area contributed by atoms with Crippen molar-refractivity contribution in [3.63, 3.8) is 0 Å². The first-order valence-corrected chi connectivity index (χ1v) is 3.47. The van der Waals surface area contributed by atoms with Crippen LogP contribution in [0.25, 0.3) is 0 Å². The van der Waals surface area contributed by atoms with Crippen molar-refractivity contribution in [2.75, 3.05) is 5.73 Å². The van der Waals surface area contributed by atoms with Crippen molar-refractivity contribution in [1.82, 2.24) is 4.98 Å². The molecule has 0 aliphatic rings. The highest BCUT2D eigenvalue weighted by atomic mass is 35.5. The molecule has 0 atom stereocenters. The SMILES string of the molecule is Nc1c(Cl)cnc(Cl)c1C=O. The summed E-state index contributed by atoms with van der Waals surface area (Å²) < 4.78 is 0. The number of hydrogen-bond acceptors (Lipinski definition) is 3. The maximum absolute atomic E-state index is 10.3. The summed E-state index contributed by atoms with van der Waals surface area (Å²) in [5, 5.41) is 0.304. The van der Waals surface area contributed by atoms with Gasteiger partial charge in [0.1, 0.15) is 5.15 Å². The molecule has 0 unspecified atom stereocenters. The monoisotopic (exact) mass is 190 g/mol. The molecule has 58 valence electrons. The lowest BCUT2D eigenvalue weighted by molar-refractivity contribution is 0.112. The second kappa shape index (κ2) is 3.07. The molecule has 2 N–H and O–H groups in total. The second-order valence-electron chi connectivity index (χ2n) is 1.84. The lowest BCUT2D eigenvalue weighted by atomic mass is 10.2. The Bertz CT molecular complexity index is 301. The normalized spacial score (nSPS) is 9.64. The van der Waals surface area contributed by atoms with Gasteiger partial charge in [0.2, 0.25) is 0 Å². The first-order valence-electron chi connectivity index (χ1n) is 2.71. The molecule has 3 nitrogen and oxygen atoms in total. The van der Waals surface area contributed by atoms with Crippen LogP contribution in [0.5, 0.6) is 0 Å². The number of nitrogens with two attached hydrogens (primary N) is 1. The van der Waals surface area contributed by atoms with Gasteiger partial charge in [-0.25, -0.2) is 4.98 Å². The van der Waals surface area contributed by atoms with Gasteiger partial charge in [0.15, 0.2) is 6.29 Å². The summed E-state index contributed by atoms with van der Waals surface area (Å²) in [6, 6.07) is 0. The van der Waals surface area contributed by atoms with Crippen LogP contribution in [0.3, 0.4) is 0 Å². The van der Waals surface area contributed by atoms with E-state index < -0.39 is 0 Å². The van der Waals surface area contributed by atoms with Gasteiger partial charge in [0.25, 0.3) is 0 Å². The molecule has 1 aromatic rings. The molecule has 0 fully saturated rings. The Morgan fingerprint density at radius 3 is 2.64 bits per heavy atom. The number of carbonyl (C=O) groups is 1. The van der Waals surface area contributed by atoms with E-state index in [4.69, 9.17) is 28.9 Å². The largest absolute Gasteiger partial charge is 0.397 e. The zero-order chi connectivity index (χ0) is 8.43. The summed E-state index contributed by atoms with van der Waals surface area (Å²) in [5.74, 6) is 0. The molecule has 1 rings (SSSR count). The number of rotatable bonds is 1. The summed E-state index contributed by atoms with van der Waals surface area (Å²) in [4.78, 5) is 14.0. The summed E-state index contributed by atoms with van der Waals surface area (Å²) in [5.41, 5.74) is 5.71. The van der Waals surface area contributed by atoms with Gasteiger partial charge in [-0.15, -0.1) is 0 Å². The van der Waals surface area contributed by atoms with Gasteiger partial charge in [-0.05, 0) is 0 Å². The molecule has 0 aromatic carbocycles. The highest BCUT2D eigenvalue weighted by molar-refractivity contribution is 6.36. The van der Waals surface area contributed by atoms with Gasteiger partial charge < -0.3 is 5.73 Å². The van der Waals surface area contributed by atoms with Crippen LogP contribution in [-0.2, 0) is 0 Å². The molecule has 0 aliphatic carbocycles. The maximum Gasteiger partial charge on any atom is 0.155 e. The van der Waals surface area contributed by atoms with E-state index in [2.05, 4.69) is 4.98 Å². The van der Waals surface area contributed by atoms with Crippen molar-refractivity contribution in [1.29, 1.82) is 0 Å². The number of anilines is 1. The Hall–Kier alpha value is -0.800. The molecule has 0 aliphatic heterocycles. The lowest BCUT2D eigenvalue weighted by Gasteiger charge is -2.00. The molecule has 1 heterocycles. The molecule has 0 bridgehead atoms. The van der Waals surface area contributed by atoms with E-state index in [1.54, 1.807) is 0 Å². The van der Waals surface area contributed by atoms with Crippen LogP contribution in [0.1, 0.15) is 10.4 Å². The van der Waals surface area contributed by atoms with Crippen LogP contribution in [0, 0.1) is 0 Å². The smallest absolute Gasteiger partial charge is 0.155 e. The number of nitrogen functional groups attached to an aromatic ring is 1. The predicted molar refractivity (Wildman–Crippen MR) is 44.1 cm³/mol. The average molecular weight is 191 g/mol. The third kappa shape index (κ3) is 1.44. The fraction of sp³-hybridized carbons (Fsp3) is 0. The van der Waals surface area contributed by atoms with Gasteiger partial charge in [0, 0.05) is 6.20 Å². The molecule has 0 spiro atoms. The fourth-order valence-corrected chi connectivity index (χ4v) is 0.950. The second-order valence-corrected chi connectivity index (χ2v) is 2.61. The number of carbonyl (C=O) groups excluding carboxylic acids is 1. The van der Waals surface area contributed by atoms with Crippen molar-refractivity contribution in [3.05, 3.63) is 21.9 Å². The Labute approximate surface area is 73.1 Å². The topological polar surface area (TPSA) is 56.0 Å². The van der Waals surface area contributed by atoms with E-state index in [0.717, 1.165) is 0 Å². The first-order chi connectivity index (χ1) is 5.16. The summed E-state index contributed by atoms with van der Waals surface area (Å²) in [7, 11) is 0. The number of aldehydes is 1. The highest BCUT2D eigenvalue weighted by Crippen LogP contribution is 2.24. The minimum absolute atomic E-state index is 0.0712. The van der Waals surface area contributed by atoms with Crippen LogP contribution in [0.15, 0.2) is 6.20 Å². The molecule has 0 saturated heterocycles. The number of nitrogens with zero attached hydrogens (tertiary/aromatic N) is 1. The van der Waals surface area contributed by atoms with Crippen molar-refractivity contribution in [2.24, 2.45) is 0 Å². The highest BCUT2D eigenvalue weighted by Gasteiger charge is 2.07. The molecule has 0 amide bonds. The number of hydrogen-bond donors (Lipinski definition) is 1. The Kier molecular flexibility index (Phi) is 2.31. The lowest BCUT2D eigenvalue weighted by Crippen LogP contribution is -1.96. The maximum atomic E-state index is 10.3. The Balaban J connectivity index is 3.40. The quantitative estimate of drug-likeness (QED) is 0.543. The molecular formula is C6H4Cl2N2O. The zero-order valence-corrected chi connectivity index (χ0v) is 6.86. The minimum atomic E-state index is 0.0712. The standard InChI is InChI=1S/C6H4Cl2N2O/c7-4-1-10-6(8)3(2-11)5(4)9/h1-2H,(H2,9,10). The van der Waals surface area contributed by atoms with Crippen LogP contribution in [-0.4, -0.2) is 11.3 Å². The summed E-state index contributed by atoms with van der Waals surface area (Å²) in [6.07, 6.45) is 1.82. The van der Waals surface area contributed by atoms with Crippen LogP contribution >= 0.6 is 23.2 Å². The van der Waals surface area contributed by atoms with Gasteiger partial charge in [0.05, 0.1) is 16.3 Å². The van der Waals surface area contributed by atoms with Gasteiger partial charge in [-0.2, -0.15) is 0 Å². The third-order valence-electron chi connectivity index (χ3n) is 1.18. The first kappa shape index (κ1) is 8.30. The average Bonchev–Trinajstić information content (AvgIpc) is 1.99. The molecule has 11 heavy (non-hydrogen) atoms. The van der Waals surface area contributed by atoms with Crippen LogP contribution < -0.4 is 5.73 Å². The van der Waals surface area contributed by atoms with Crippen molar-refractivity contribution >= 4 is 35.2 Å². The molecule has 0 saturated carbocycles. The van der Waals surface area contributed by atoms with Crippen LogP contribution in [0.4, 0.5) is 5.69 Å². The van der Waals surface area contributed by atoms with Crippen molar-refractivity contribution < 1.29 is 4.79 Å². The van der Waals surface area contributed by atoms with E-state index in [-0.39, 0.29) is 21.4 Å². The third-order valence-corrected chi connectivity index (χ3v) is 1.78. The molecule has 1 aromatic heterocycles. The predicted octanol–water partition coefficient (Wildman–Crippen LogP) is 1.78. The van der Waals surface area contributed by atoms with Crippen LogP contribution in [0.2, 0.25) is 10.2 Å². The summed E-state index contributed by atoms with van der Waals surface area (Å²) in [6.45, 7) is 0. The molecule has 0 radical (unpaired) electrons. The Morgan fingerprint density at radius 1 is 1.55 bits per heavy atom. The van der Waals surface area contributed by atoms with E-state index in [9.17, 15) is 4.79 Å². The fourth-order valence-electron chi connectivity index (χ4n) is 0.604. The zero-order valence-electron chi connectivity index (χ0n) is 5.34. The number of aromatic nitrogens is 1. The summed E-state index contributed by atoms with van der Waals surface area (Å²) >= 11 is 11.1. The van der Waals surface area contributed by atoms with Crippen molar-refractivity contribution in [3.8, 4) is 0 Å². The van der Waals surface area contributed by atoms with Gasteiger partial charge in [-0.1, -0.05) is 23.2 Å². The van der Waals surface area contributed by atoms with Gasteiger partial charge >= 0.3 is 0 Å². The number of pyridine rings is 1. The van der Waals surface area contributed by atoms with E-state index in [1.165, 1.54) is 6.20 Å². The van der Waals surface area contributed by atoms with E-state index >= 15 is 0 Å². The van der Waals surface area contributed by atoms with E-state index in [0.29, 0.717) is 6.29 Å². The van der Waals surface area contributed by atoms with Crippen molar-refractivity contribution in [2.45, 2.75) is 0 Å². The minimum Gasteiger partial charge on any atom is -0.397 e. The van der Waals surface area contributed by atoms with E-state index in [1.807, 2.05) is 0 Å². The number of halogens is 2. The Morgan fingerprint density at radius 2 is 2.18 bits per heavy atom. The molecular weight excluding hydrogens is 187 g/mol. The van der Waals surface area contributed by atoms with Gasteiger partial charge in [-0.3, -0.25) is 4.79 Å².